The Hall–Kier alpha value is -5.38. The first kappa shape index (κ1) is 42.7. The van der Waals surface area contributed by atoms with Crippen molar-refractivity contribution >= 4 is 50.3 Å². The number of allylic oxidation sites excluding steroid dienone is 1. The maximum absolute atomic E-state index is 14.7. The van der Waals surface area contributed by atoms with Crippen LogP contribution in [-0.2, 0) is 29.1 Å². The Morgan fingerprint density at radius 2 is 1.75 bits per heavy atom. The Labute approximate surface area is 351 Å². The summed E-state index contributed by atoms with van der Waals surface area (Å²) in [7, 11) is 1.61. The van der Waals surface area contributed by atoms with E-state index in [1.165, 1.54) is 4.90 Å². The summed E-state index contributed by atoms with van der Waals surface area (Å²) in [5.74, 6) is -1.44. The summed E-state index contributed by atoms with van der Waals surface area (Å²) in [5, 5.41) is 6.53. The van der Waals surface area contributed by atoms with Crippen molar-refractivity contribution in [2.75, 3.05) is 32.6 Å². The van der Waals surface area contributed by atoms with E-state index < -0.39 is 74.3 Å². The summed E-state index contributed by atoms with van der Waals surface area (Å²) in [6.45, 7) is 5.16. The fraction of sp³-hybridized carbons (Fsp3) is 0.523. The quantitative estimate of drug-likeness (QED) is 0.240. The third-order valence-corrected chi connectivity index (χ3v) is 13.3. The number of rotatable bonds is 9. The lowest BCUT2D eigenvalue weighted by atomic mass is 10.0. The van der Waals surface area contributed by atoms with Gasteiger partial charge in [0.2, 0.25) is 27.7 Å². The summed E-state index contributed by atoms with van der Waals surface area (Å²) in [5.41, 5.74) is 0.165. The molecule has 3 fully saturated rings. The SMILES string of the molecule is COc1ccc2c(OC3C[C@H]4C(=O)N[C@]5(C(=O)NS(=O)(=O)C6CC6)C[C@H]5C=CCCCCC[C@H](NC(=O)OC(C)(C)C)C(=O)N4C3)nc(-c3ccc(N(C)C)cc3)cc2c1. The van der Waals surface area contributed by atoms with Gasteiger partial charge in [0.05, 0.1) is 24.6 Å². The van der Waals surface area contributed by atoms with Gasteiger partial charge in [-0.1, -0.05) is 37.1 Å². The first-order chi connectivity index (χ1) is 28.5. The molecule has 1 unspecified atom stereocenters. The number of hydrogen-bond donors (Lipinski definition) is 3. The van der Waals surface area contributed by atoms with Crippen LogP contribution in [0.2, 0.25) is 0 Å². The molecule has 0 spiro atoms. The molecule has 5 atom stereocenters. The van der Waals surface area contributed by atoms with E-state index in [-0.39, 0.29) is 19.4 Å². The molecule has 2 aromatic carbocycles. The molecule has 3 heterocycles. The lowest BCUT2D eigenvalue weighted by Crippen LogP contribution is -2.58. The Balaban J connectivity index is 1.23. The number of carbonyl (C=O) groups is 4. The van der Waals surface area contributed by atoms with Crippen LogP contribution in [0, 0.1) is 5.92 Å². The molecule has 3 aromatic rings. The Morgan fingerprint density at radius 1 is 1.00 bits per heavy atom. The molecule has 0 bridgehead atoms. The molecule has 2 aliphatic heterocycles. The number of pyridine rings is 1. The van der Waals surface area contributed by atoms with Crippen LogP contribution in [0.15, 0.2) is 60.7 Å². The van der Waals surface area contributed by atoms with Gasteiger partial charge in [-0.3, -0.25) is 19.1 Å². The van der Waals surface area contributed by atoms with Gasteiger partial charge in [-0.15, -0.1) is 0 Å². The van der Waals surface area contributed by atoms with E-state index in [0.717, 1.165) is 29.5 Å². The van der Waals surface area contributed by atoms with Gasteiger partial charge in [0.25, 0.3) is 5.91 Å². The molecule has 1 aromatic heterocycles. The lowest BCUT2D eigenvalue weighted by Gasteiger charge is -2.30. The molecule has 4 aliphatic rings. The summed E-state index contributed by atoms with van der Waals surface area (Å²) < 4.78 is 45.9. The molecule has 2 saturated carbocycles. The molecule has 60 heavy (non-hydrogen) atoms. The first-order valence-corrected chi connectivity index (χ1v) is 22.3. The highest BCUT2D eigenvalue weighted by molar-refractivity contribution is 7.91. The van der Waals surface area contributed by atoms with E-state index in [1.54, 1.807) is 33.9 Å². The number of aromatic nitrogens is 1. The van der Waals surface area contributed by atoms with Crippen molar-refractivity contribution in [1.82, 2.24) is 25.2 Å². The molecular weight excluding hydrogens is 789 g/mol. The van der Waals surface area contributed by atoms with Crippen molar-refractivity contribution in [2.24, 2.45) is 5.92 Å². The standard InChI is InChI=1S/C44H56N6O9S/c1-43(2,3)59-42(54)46-35-13-11-9-7-8-10-12-29-25-44(29,41(53)48-60(55,56)33-19-20-33)47-38(51)37-24-32(26-50(37)40(35)52)58-39-34-21-18-31(57-6)22-28(34)23-36(45-39)27-14-16-30(17-15-27)49(4)5/h10,12,14-18,21-23,29,32-33,35,37H,7-9,11,13,19-20,24-26H2,1-6H3,(H,46,54)(H,47,51)(H,48,53)/t29-,32?,35+,37+,44-/m1/s1. The van der Waals surface area contributed by atoms with E-state index in [2.05, 4.69) is 15.4 Å². The zero-order valence-corrected chi connectivity index (χ0v) is 36.0. The molecule has 0 radical (unpaired) electrons. The first-order valence-electron chi connectivity index (χ1n) is 20.7. The monoisotopic (exact) mass is 844 g/mol. The maximum atomic E-state index is 14.7. The van der Waals surface area contributed by atoms with E-state index in [9.17, 15) is 27.6 Å². The summed E-state index contributed by atoms with van der Waals surface area (Å²) in [6.07, 6.45) is 6.61. The molecular formula is C44H56N6O9S. The maximum Gasteiger partial charge on any atom is 0.408 e. The Bertz CT molecular complexity index is 2270. The predicted octanol–water partition coefficient (Wildman–Crippen LogP) is 5.22. The topological polar surface area (TPSA) is 186 Å². The summed E-state index contributed by atoms with van der Waals surface area (Å²) >= 11 is 0. The molecule has 2 aliphatic carbocycles. The number of hydrogen-bond acceptors (Lipinski definition) is 11. The molecule has 4 amide bonds. The van der Waals surface area contributed by atoms with Gasteiger partial charge in [-0.2, -0.15) is 0 Å². The van der Waals surface area contributed by atoms with Gasteiger partial charge < -0.3 is 34.6 Å². The molecule has 15 nitrogen and oxygen atoms in total. The van der Waals surface area contributed by atoms with Gasteiger partial charge in [0, 0.05) is 43.1 Å². The van der Waals surface area contributed by atoms with Crippen LogP contribution in [0.5, 0.6) is 11.6 Å². The zero-order chi connectivity index (χ0) is 43.0. The van der Waals surface area contributed by atoms with Crippen molar-refractivity contribution in [2.45, 2.75) is 113 Å². The Kier molecular flexibility index (Phi) is 12.1. The van der Waals surface area contributed by atoms with Crippen LogP contribution in [0.4, 0.5) is 10.5 Å². The van der Waals surface area contributed by atoms with Crippen molar-refractivity contribution in [3.8, 4) is 22.9 Å². The van der Waals surface area contributed by atoms with Crippen molar-refractivity contribution in [3.63, 3.8) is 0 Å². The minimum absolute atomic E-state index is 0.0242. The number of sulfonamides is 1. The minimum Gasteiger partial charge on any atom is -0.497 e. The van der Waals surface area contributed by atoms with Gasteiger partial charge in [0.15, 0.2) is 0 Å². The highest BCUT2D eigenvalue weighted by Crippen LogP contribution is 2.46. The minimum atomic E-state index is -3.91. The van der Waals surface area contributed by atoms with E-state index in [0.29, 0.717) is 54.8 Å². The fourth-order valence-corrected chi connectivity index (χ4v) is 9.32. The number of nitrogens with zero attached hydrogens (tertiary/aromatic N) is 3. The normalized spacial score (nSPS) is 24.9. The second-order valence-electron chi connectivity index (χ2n) is 17.5. The van der Waals surface area contributed by atoms with E-state index in [4.69, 9.17) is 19.2 Å². The van der Waals surface area contributed by atoms with Crippen LogP contribution in [0.25, 0.3) is 22.0 Å². The second-order valence-corrected chi connectivity index (χ2v) is 19.5. The van der Waals surface area contributed by atoms with Crippen molar-refractivity contribution in [3.05, 3.63) is 60.7 Å². The van der Waals surface area contributed by atoms with E-state index >= 15 is 0 Å². The Morgan fingerprint density at radius 3 is 2.43 bits per heavy atom. The number of carbonyl (C=O) groups excluding carboxylic acids is 4. The second kappa shape index (κ2) is 16.9. The number of fused-ring (bicyclic) bond motifs is 3. The number of amides is 4. The fourth-order valence-electron chi connectivity index (χ4n) is 7.95. The van der Waals surface area contributed by atoms with Gasteiger partial charge in [0.1, 0.15) is 35.1 Å². The number of nitrogens with one attached hydrogen (secondary N) is 3. The number of ether oxygens (including phenoxy) is 3. The third-order valence-electron chi connectivity index (χ3n) is 11.5. The number of methoxy groups -OCH3 is 1. The largest absolute Gasteiger partial charge is 0.497 e. The van der Waals surface area contributed by atoms with Gasteiger partial charge in [-0.05, 0) is 101 Å². The molecule has 16 heteroatoms. The average molecular weight is 845 g/mol. The summed E-state index contributed by atoms with van der Waals surface area (Å²) in [6, 6.07) is 13.3. The average Bonchev–Trinajstić information content (AvgIpc) is 4.12. The smallest absolute Gasteiger partial charge is 0.408 e. The number of benzene rings is 2. The van der Waals surface area contributed by atoms with Crippen LogP contribution in [0.1, 0.15) is 78.6 Å². The van der Waals surface area contributed by atoms with Gasteiger partial charge in [-0.25, -0.2) is 18.2 Å². The van der Waals surface area contributed by atoms with Crippen LogP contribution in [0.3, 0.4) is 0 Å². The van der Waals surface area contributed by atoms with Crippen LogP contribution >= 0.6 is 0 Å². The molecule has 7 rings (SSSR count). The van der Waals surface area contributed by atoms with Crippen molar-refractivity contribution < 1.29 is 41.8 Å². The van der Waals surface area contributed by atoms with Crippen LogP contribution < -0.4 is 29.7 Å². The summed E-state index contributed by atoms with van der Waals surface area (Å²) in [4.78, 5) is 64.6. The number of alkyl carbamates (subject to hydrolysis) is 1. The van der Waals surface area contributed by atoms with Gasteiger partial charge >= 0.3 is 6.09 Å². The molecule has 3 N–H and O–H groups in total. The third kappa shape index (κ3) is 9.64. The lowest BCUT2D eigenvalue weighted by molar-refractivity contribution is -0.141. The number of anilines is 1. The van der Waals surface area contributed by atoms with Crippen LogP contribution in [-0.4, -0.2) is 104 Å². The molecule has 1 saturated heterocycles. The highest BCUT2D eigenvalue weighted by Gasteiger charge is 2.62. The van der Waals surface area contributed by atoms with E-state index in [1.807, 2.05) is 73.6 Å². The molecule has 322 valence electrons. The predicted molar refractivity (Wildman–Crippen MR) is 227 cm³/mol. The highest BCUT2D eigenvalue weighted by atomic mass is 32.2. The zero-order valence-electron chi connectivity index (χ0n) is 35.2. The van der Waals surface area contributed by atoms with Crippen molar-refractivity contribution in [1.29, 1.82) is 0 Å².